The van der Waals surface area contributed by atoms with Crippen molar-refractivity contribution in [3.8, 4) is 0 Å². The number of carbonyl (C=O) groups is 3. The molecule has 1 aliphatic heterocycles. The average molecular weight is 361 g/mol. The van der Waals surface area contributed by atoms with Crippen molar-refractivity contribution in [2.45, 2.75) is 50.5 Å². The molecule has 0 spiro atoms. The molecular formula is C18H23N3O5. The van der Waals surface area contributed by atoms with E-state index < -0.39 is 11.4 Å². The third-order valence-corrected chi connectivity index (χ3v) is 5.89. The first kappa shape index (κ1) is 17.1. The molecule has 4 rings (SSSR count). The number of hydrogen-bond acceptors (Lipinski definition) is 6. The van der Waals surface area contributed by atoms with E-state index in [0.29, 0.717) is 43.8 Å². The smallest absolute Gasteiger partial charge is 0.321 e. The Morgan fingerprint density at radius 3 is 2.69 bits per heavy atom. The van der Waals surface area contributed by atoms with Gasteiger partial charge < -0.3 is 19.5 Å². The van der Waals surface area contributed by atoms with E-state index in [2.05, 4.69) is 10.5 Å². The van der Waals surface area contributed by atoms with Gasteiger partial charge in [-0.1, -0.05) is 11.6 Å². The average Bonchev–Trinajstić information content (AvgIpc) is 3.05. The summed E-state index contributed by atoms with van der Waals surface area (Å²) in [4.78, 5) is 38.8. The lowest BCUT2D eigenvalue weighted by Crippen LogP contribution is -2.44. The van der Waals surface area contributed by atoms with E-state index in [1.165, 1.54) is 13.4 Å². The summed E-state index contributed by atoms with van der Waals surface area (Å²) < 4.78 is 9.79. The molecule has 1 aromatic heterocycles. The fourth-order valence-corrected chi connectivity index (χ4v) is 3.78. The second kappa shape index (κ2) is 6.41. The predicted octanol–water partition coefficient (Wildman–Crippen LogP) is 1.23. The Morgan fingerprint density at radius 1 is 1.31 bits per heavy atom. The molecule has 1 atom stereocenters. The summed E-state index contributed by atoms with van der Waals surface area (Å²) in [6.45, 7) is 0.988. The van der Waals surface area contributed by atoms with Crippen LogP contribution in [0.1, 0.15) is 60.5 Å². The minimum absolute atomic E-state index is 0.0981. The molecule has 3 aliphatic rings. The number of nitrogens with one attached hydrogen (secondary N) is 1. The largest absolute Gasteiger partial charge is 0.468 e. The summed E-state index contributed by atoms with van der Waals surface area (Å²) >= 11 is 0. The molecule has 8 nitrogen and oxygen atoms in total. The highest BCUT2D eigenvalue weighted by atomic mass is 16.5. The number of carbonyl (C=O) groups excluding carboxylic acids is 3. The van der Waals surface area contributed by atoms with Crippen molar-refractivity contribution < 1.29 is 23.6 Å². The van der Waals surface area contributed by atoms with Gasteiger partial charge in [-0.2, -0.15) is 0 Å². The number of likely N-dealkylation sites (tertiary alicyclic amines) is 1. The standard InChI is InChI=1S/C18H23N3O5/c1-25-17(24)18(6-7-18)16(23)19-12-5-8-21(9-12)15(22)13-10-26-20-14(13)11-3-2-4-11/h10-12H,2-9H2,1H3,(H,19,23)/t12-/m0/s1. The third kappa shape index (κ3) is 2.77. The van der Waals surface area contributed by atoms with Crippen LogP contribution >= 0.6 is 0 Å². The lowest BCUT2D eigenvalue weighted by Gasteiger charge is -2.24. The van der Waals surface area contributed by atoms with Crippen molar-refractivity contribution in [2.75, 3.05) is 20.2 Å². The molecule has 0 bridgehead atoms. The van der Waals surface area contributed by atoms with Crippen LogP contribution in [-0.2, 0) is 14.3 Å². The normalized spacial score (nSPS) is 24.0. The molecule has 2 aliphatic carbocycles. The van der Waals surface area contributed by atoms with Gasteiger partial charge in [0.15, 0.2) is 0 Å². The zero-order chi connectivity index (χ0) is 18.3. The summed E-state index contributed by atoms with van der Waals surface area (Å²) in [7, 11) is 1.30. The molecule has 8 heteroatoms. The van der Waals surface area contributed by atoms with Crippen LogP contribution in [0.3, 0.4) is 0 Å². The number of methoxy groups -OCH3 is 1. The topological polar surface area (TPSA) is 102 Å². The molecule has 1 saturated heterocycles. The number of amides is 2. The number of rotatable bonds is 5. The van der Waals surface area contributed by atoms with Gasteiger partial charge in [-0.15, -0.1) is 0 Å². The highest BCUT2D eigenvalue weighted by Crippen LogP contribution is 2.47. The number of nitrogens with zero attached hydrogens (tertiary/aromatic N) is 2. The van der Waals surface area contributed by atoms with Crippen LogP contribution in [0.5, 0.6) is 0 Å². The van der Waals surface area contributed by atoms with E-state index in [4.69, 9.17) is 9.26 Å². The maximum atomic E-state index is 12.8. The molecule has 0 aromatic carbocycles. The van der Waals surface area contributed by atoms with E-state index in [9.17, 15) is 14.4 Å². The molecule has 2 heterocycles. The first-order valence-electron chi connectivity index (χ1n) is 9.18. The second-order valence-electron chi connectivity index (χ2n) is 7.53. The van der Waals surface area contributed by atoms with E-state index in [1.807, 2.05) is 0 Å². The molecule has 0 radical (unpaired) electrons. The Kier molecular flexibility index (Phi) is 4.20. The molecule has 1 N–H and O–H groups in total. The highest BCUT2D eigenvalue weighted by Gasteiger charge is 2.58. The number of esters is 1. The molecular weight excluding hydrogens is 338 g/mol. The van der Waals surface area contributed by atoms with Crippen molar-refractivity contribution >= 4 is 17.8 Å². The summed E-state index contributed by atoms with van der Waals surface area (Å²) in [6, 6.07) is -0.152. The van der Waals surface area contributed by atoms with Crippen molar-refractivity contribution in [1.29, 1.82) is 0 Å². The van der Waals surface area contributed by atoms with Crippen LogP contribution in [-0.4, -0.2) is 54.1 Å². The van der Waals surface area contributed by atoms with Gasteiger partial charge in [0.25, 0.3) is 5.91 Å². The van der Waals surface area contributed by atoms with Crippen molar-refractivity contribution in [3.05, 3.63) is 17.5 Å². The van der Waals surface area contributed by atoms with Crippen molar-refractivity contribution in [2.24, 2.45) is 5.41 Å². The van der Waals surface area contributed by atoms with Crippen LogP contribution in [0.25, 0.3) is 0 Å². The van der Waals surface area contributed by atoms with Gasteiger partial charge in [-0.25, -0.2) is 0 Å². The molecule has 26 heavy (non-hydrogen) atoms. The van der Waals surface area contributed by atoms with Gasteiger partial charge >= 0.3 is 5.97 Å². The zero-order valence-electron chi connectivity index (χ0n) is 14.8. The molecule has 2 saturated carbocycles. The number of ether oxygens (including phenoxy) is 1. The minimum atomic E-state index is -1.02. The van der Waals surface area contributed by atoms with Crippen molar-refractivity contribution in [3.63, 3.8) is 0 Å². The zero-order valence-corrected chi connectivity index (χ0v) is 14.8. The summed E-state index contributed by atoms with van der Waals surface area (Å²) in [6.07, 6.45) is 6.38. The van der Waals surface area contributed by atoms with Gasteiger partial charge in [-0.05, 0) is 32.1 Å². The van der Waals surface area contributed by atoms with E-state index in [-0.39, 0.29) is 17.9 Å². The SMILES string of the molecule is COC(=O)C1(C(=O)N[C@H]2CCN(C(=O)c3conc3C3CCC3)C2)CC1. The van der Waals surface area contributed by atoms with E-state index in [1.54, 1.807) is 4.90 Å². The summed E-state index contributed by atoms with van der Waals surface area (Å²) in [5.74, 6) is -0.543. The van der Waals surface area contributed by atoms with Crippen LogP contribution in [0, 0.1) is 5.41 Å². The fraction of sp³-hybridized carbons (Fsp3) is 0.667. The van der Waals surface area contributed by atoms with Crippen LogP contribution in [0.15, 0.2) is 10.8 Å². The number of hydrogen-bond donors (Lipinski definition) is 1. The lowest BCUT2D eigenvalue weighted by molar-refractivity contribution is -0.152. The van der Waals surface area contributed by atoms with Gasteiger partial charge in [0.1, 0.15) is 17.2 Å². The fourth-order valence-electron chi connectivity index (χ4n) is 3.78. The lowest BCUT2D eigenvalue weighted by atomic mass is 9.81. The van der Waals surface area contributed by atoms with E-state index >= 15 is 0 Å². The predicted molar refractivity (Wildman–Crippen MR) is 89.2 cm³/mol. The monoisotopic (exact) mass is 361 g/mol. The Morgan fingerprint density at radius 2 is 2.08 bits per heavy atom. The minimum Gasteiger partial charge on any atom is -0.468 e. The van der Waals surface area contributed by atoms with Crippen LogP contribution in [0.4, 0.5) is 0 Å². The Labute approximate surface area is 151 Å². The third-order valence-electron chi connectivity index (χ3n) is 5.89. The Hall–Kier alpha value is -2.38. The van der Waals surface area contributed by atoms with Gasteiger partial charge in [0.05, 0.1) is 12.8 Å². The molecule has 140 valence electrons. The van der Waals surface area contributed by atoms with Crippen LogP contribution in [0.2, 0.25) is 0 Å². The van der Waals surface area contributed by atoms with Gasteiger partial charge in [-0.3, -0.25) is 14.4 Å². The second-order valence-corrected chi connectivity index (χ2v) is 7.53. The maximum Gasteiger partial charge on any atom is 0.321 e. The Balaban J connectivity index is 1.37. The molecule has 0 unspecified atom stereocenters. The summed E-state index contributed by atoms with van der Waals surface area (Å²) in [5.41, 5.74) is 0.282. The van der Waals surface area contributed by atoms with Gasteiger partial charge in [0.2, 0.25) is 5.91 Å². The quantitative estimate of drug-likeness (QED) is 0.625. The first-order chi connectivity index (χ1) is 12.5. The van der Waals surface area contributed by atoms with Crippen molar-refractivity contribution in [1.82, 2.24) is 15.4 Å². The Bertz CT molecular complexity index is 735. The molecule has 2 amide bonds. The molecule has 3 fully saturated rings. The highest BCUT2D eigenvalue weighted by molar-refractivity contribution is 6.05. The van der Waals surface area contributed by atoms with Gasteiger partial charge in [0, 0.05) is 25.0 Å². The van der Waals surface area contributed by atoms with E-state index in [0.717, 1.165) is 25.0 Å². The first-order valence-corrected chi connectivity index (χ1v) is 9.18. The number of aromatic nitrogens is 1. The summed E-state index contributed by atoms with van der Waals surface area (Å²) in [5, 5.41) is 6.94. The van der Waals surface area contributed by atoms with Crippen LogP contribution < -0.4 is 5.32 Å². The molecule has 1 aromatic rings. The maximum absolute atomic E-state index is 12.8.